The molecule has 2 aromatic carbocycles. The maximum atomic E-state index is 12.8. The molecular formula is C29H38ClN5O2. The van der Waals surface area contributed by atoms with Gasteiger partial charge in [-0.1, -0.05) is 63.3 Å². The first kappa shape index (κ1) is 26.9. The molecule has 0 bridgehead atoms. The SMILES string of the molecule is C=C(Nc1ccc(C(=O)NC2CCCC2)cc1N)Nc1cc(CNC(=O)C2(C)CCCCC2)ccc1Cl. The number of halogens is 1. The van der Waals surface area contributed by atoms with Crippen molar-refractivity contribution in [3.05, 3.63) is 64.9 Å². The summed E-state index contributed by atoms with van der Waals surface area (Å²) in [5.74, 6) is 0.488. The highest BCUT2D eigenvalue weighted by Gasteiger charge is 2.34. The van der Waals surface area contributed by atoms with Crippen LogP contribution in [0.3, 0.4) is 0 Å². The predicted molar refractivity (Wildman–Crippen MR) is 151 cm³/mol. The standard InChI is InChI=1S/C29H38ClN5O2/c1-19(33-25-13-11-21(17-24(25)31)27(36)35-22-8-4-5-9-22)34-26-16-20(10-12-23(26)30)18-32-28(37)29(2)14-6-3-7-15-29/h10-13,16-17,22,33-34H,1,3-9,14-15,18,31H2,2H3,(H,32,37)(H,35,36). The summed E-state index contributed by atoms with van der Waals surface area (Å²) < 4.78 is 0. The lowest BCUT2D eigenvalue weighted by Gasteiger charge is -2.32. The number of hydrogen-bond donors (Lipinski definition) is 5. The van der Waals surface area contributed by atoms with Crippen molar-refractivity contribution in [2.75, 3.05) is 16.4 Å². The van der Waals surface area contributed by atoms with E-state index in [0.717, 1.165) is 56.9 Å². The molecule has 0 heterocycles. The van der Waals surface area contributed by atoms with E-state index >= 15 is 0 Å². The zero-order chi connectivity index (χ0) is 26.4. The second-order valence-electron chi connectivity index (χ2n) is 10.6. The summed E-state index contributed by atoms with van der Waals surface area (Å²) in [7, 11) is 0. The van der Waals surface area contributed by atoms with Gasteiger partial charge in [0.1, 0.15) is 5.82 Å². The summed E-state index contributed by atoms with van der Waals surface area (Å²) in [6, 6.07) is 11.0. The van der Waals surface area contributed by atoms with Gasteiger partial charge in [-0.3, -0.25) is 9.59 Å². The fourth-order valence-corrected chi connectivity index (χ4v) is 5.41. The van der Waals surface area contributed by atoms with E-state index in [1.807, 2.05) is 12.1 Å². The Bertz CT molecular complexity index is 1150. The van der Waals surface area contributed by atoms with E-state index in [4.69, 9.17) is 17.3 Å². The molecule has 37 heavy (non-hydrogen) atoms. The fraction of sp³-hybridized carbons (Fsp3) is 0.448. The third-order valence-electron chi connectivity index (χ3n) is 7.56. The quantitative estimate of drug-likeness (QED) is 0.252. The summed E-state index contributed by atoms with van der Waals surface area (Å²) in [6.45, 7) is 6.53. The molecule has 0 aromatic heterocycles. The van der Waals surface area contributed by atoms with Crippen LogP contribution in [-0.4, -0.2) is 17.9 Å². The number of carbonyl (C=O) groups is 2. The molecule has 0 atom stereocenters. The highest BCUT2D eigenvalue weighted by molar-refractivity contribution is 6.33. The Labute approximate surface area is 224 Å². The first-order valence-electron chi connectivity index (χ1n) is 13.2. The van der Waals surface area contributed by atoms with Gasteiger partial charge in [0.25, 0.3) is 5.91 Å². The van der Waals surface area contributed by atoms with Crippen LogP contribution in [0.4, 0.5) is 17.1 Å². The topological polar surface area (TPSA) is 108 Å². The second-order valence-corrected chi connectivity index (χ2v) is 11.0. The van der Waals surface area contributed by atoms with Gasteiger partial charge in [-0.05, 0) is 61.6 Å². The number of nitrogens with one attached hydrogen (secondary N) is 4. The van der Waals surface area contributed by atoms with Gasteiger partial charge in [0.2, 0.25) is 5.91 Å². The van der Waals surface area contributed by atoms with Crippen LogP contribution in [0.2, 0.25) is 5.02 Å². The first-order chi connectivity index (χ1) is 17.7. The smallest absolute Gasteiger partial charge is 0.251 e. The Morgan fingerprint density at radius 1 is 1.00 bits per heavy atom. The molecule has 2 aromatic rings. The Hall–Kier alpha value is -3.19. The van der Waals surface area contributed by atoms with Crippen molar-refractivity contribution < 1.29 is 9.59 Å². The van der Waals surface area contributed by atoms with Crippen molar-refractivity contribution >= 4 is 40.5 Å². The lowest BCUT2D eigenvalue weighted by atomic mass is 9.75. The van der Waals surface area contributed by atoms with Crippen LogP contribution in [0.15, 0.2) is 48.8 Å². The number of rotatable bonds is 9. The Morgan fingerprint density at radius 2 is 1.70 bits per heavy atom. The average molecular weight is 524 g/mol. The van der Waals surface area contributed by atoms with Gasteiger partial charge in [0.05, 0.1) is 22.1 Å². The van der Waals surface area contributed by atoms with Crippen LogP contribution in [-0.2, 0) is 11.3 Å². The molecule has 4 rings (SSSR count). The zero-order valence-corrected chi connectivity index (χ0v) is 22.3. The number of nitrogen functional groups attached to an aromatic ring is 1. The molecule has 2 aliphatic rings. The average Bonchev–Trinajstić information content (AvgIpc) is 3.39. The van der Waals surface area contributed by atoms with Gasteiger partial charge in [0.15, 0.2) is 0 Å². The van der Waals surface area contributed by atoms with E-state index in [9.17, 15) is 9.59 Å². The lowest BCUT2D eigenvalue weighted by molar-refractivity contribution is -0.132. The van der Waals surface area contributed by atoms with Crippen molar-refractivity contribution in [3.63, 3.8) is 0 Å². The van der Waals surface area contributed by atoms with Crippen LogP contribution < -0.4 is 27.0 Å². The largest absolute Gasteiger partial charge is 0.397 e. The van der Waals surface area contributed by atoms with Crippen molar-refractivity contribution in [1.29, 1.82) is 0 Å². The monoisotopic (exact) mass is 523 g/mol. The molecule has 2 saturated carbocycles. The van der Waals surface area contributed by atoms with Crippen LogP contribution in [0.5, 0.6) is 0 Å². The molecule has 2 amide bonds. The number of benzene rings is 2. The minimum Gasteiger partial charge on any atom is -0.397 e. The van der Waals surface area contributed by atoms with Crippen molar-refractivity contribution in [3.8, 4) is 0 Å². The van der Waals surface area contributed by atoms with Crippen LogP contribution >= 0.6 is 11.6 Å². The minimum absolute atomic E-state index is 0.102. The van der Waals surface area contributed by atoms with E-state index in [1.54, 1.807) is 24.3 Å². The zero-order valence-electron chi connectivity index (χ0n) is 21.6. The molecule has 0 unspecified atom stereocenters. The van der Waals surface area contributed by atoms with E-state index in [2.05, 4.69) is 34.8 Å². The van der Waals surface area contributed by atoms with Crippen molar-refractivity contribution in [2.24, 2.45) is 5.41 Å². The fourth-order valence-electron chi connectivity index (χ4n) is 5.25. The molecule has 8 heteroatoms. The Kier molecular flexibility index (Phi) is 8.64. The highest BCUT2D eigenvalue weighted by Crippen LogP contribution is 2.36. The van der Waals surface area contributed by atoms with E-state index < -0.39 is 0 Å². The number of anilines is 3. The Morgan fingerprint density at radius 3 is 2.41 bits per heavy atom. The van der Waals surface area contributed by atoms with Crippen LogP contribution in [0, 0.1) is 5.41 Å². The van der Waals surface area contributed by atoms with Crippen LogP contribution in [0.1, 0.15) is 80.6 Å². The molecule has 7 nitrogen and oxygen atoms in total. The van der Waals surface area contributed by atoms with E-state index in [0.29, 0.717) is 40.0 Å². The van der Waals surface area contributed by atoms with Crippen molar-refractivity contribution in [2.45, 2.75) is 77.3 Å². The molecule has 0 saturated heterocycles. The van der Waals surface area contributed by atoms with E-state index in [1.165, 1.54) is 6.42 Å². The number of nitrogens with two attached hydrogens (primary N) is 1. The van der Waals surface area contributed by atoms with Crippen LogP contribution in [0.25, 0.3) is 0 Å². The third kappa shape index (κ3) is 6.98. The van der Waals surface area contributed by atoms with Gasteiger partial charge in [-0.15, -0.1) is 0 Å². The number of hydrogen-bond acceptors (Lipinski definition) is 5. The molecule has 2 aliphatic carbocycles. The summed E-state index contributed by atoms with van der Waals surface area (Å²) in [5.41, 5.74) is 9.16. The summed E-state index contributed by atoms with van der Waals surface area (Å²) in [4.78, 5) is 25.3. The van der Waals surface area contributed by atoms with Crippen molar-refractivity contribution in [1.82, 2.24) is 10.6 Å². The Balaban J connectivity index is 1.33. The molecule has 2 fully saturated rings. The normalized spacial score (nSPS) is 17.1. The van der Waals surface area contributed by atoms with Gasteiger partial charge in [0, 0.05) is 23.6 Å². The summed E-state index contributed by atoms with van der Waals surface area (Å²) in [5, 5.41) is 13.0. The van der Waals surface area contributed by atoms with E-state index in [-0.39, 0.29) is 23.3 Å². The lowest BCUT2D eigenvalue weighted by Crippen LogP contribution is -2.39. The molecule has 0 spiro atoms. The maximum Gasteiger partial charge on any atom is 0.251 e. The summed E-state index contributed by atoms with van der Waals surface area (Å²) >= 11 is 6.42. The third-order valence-corrected chi connectivity index (χ3v) is 7.89. The highest BCUT2D eigenvalue weighted by atomic mass is 35.5. The summed E-state index contributed by atoms with van der Waals surface area (Å²) in [6.07, 6.45) is 9.67. The minimum atomic E-state index is -0.281. The maximum absolute atomic E-state index is 12.8. The number of carbonyl (C=O) groups excluding carboxylic acids is 2. The van der Waals surface area contributed by atoms with Gasteiger partial charge in [-0.25, -0.2) is 0 Å². The molecule has 0 radical (unpaired) electrons. The number of amides is 2. The first-order valence-corrected chi connectivity index (χ1v) is 13.6. The van der Waals surface area contributed by atoms with Gasteiger partial charge in [-0.2, -0.15) is 0 Å². The molecule has 6 N–H and O–H groups in total. The second kappa shape index (κ2) is 11.9. The van der Waals surface area contributed by atoms with Gasteiger partial charge >= 0.3 is 0 Å². The van der Waals surface area contributed by atoms with Gasteiger partial charge < -0.3 is 27.0 Å². The molecular weight excluding hydrogens is 486 g/mol. The predicted octanol–water partition coefficient (Wildman–Crippen LogP) is 6.18. The molecule has 0 aliphatic heterocycles. The molecule has 198 valence electrons.